The van der Waals surface area contributed by atoms with Gasteiger partial charge in [0, 0.05) is 37.6 Å². The predicted octanol–water partition coefficient (Wildman–Crippen LogP) is 3.02. The summed E-state index contributed by atoms with van der Waals surface area (Å²) in [4.78, 5) is 29.2. The van der Waals surface area contributed by atoms with E-state index < -0.39 is 5.97 Å². The van der Waals surface area contributed by atoms with Crippen molar-refractivity contribution < 1.29 is 19.1 Å². The summed E-state index contributed by atoms with van der Waals surface area (Å²) in [5.74, 6) is -0.530. The Hall–Kier alpha value is -3.06. The van der Waals surface area contributed by atoms with Crippen molar-refractivity contribution in [1.82, 2.24) is 4.90 Å². The molecule has 1 aliphatic rings. The van der Waals surface area contributed by atoms with Crippen molar-refractivity contribution in [2.24, 2.45) is 0 Å². The quantitative estimate of drug-likeness (QED) is 0.674. The fourth-order valence-electron chi connectivity index (χ4n) is 3.40. The summed E-state index contributed by atoms with van der Waals surface area (Å²) in [6.45, 7) is 9.31. The molecule has 1 fully saturated rings. The zero-order chi connectivity index (χ0) is 21.3. The van der Waals surface area contributed by atoms with E-state index in [1.807, 2.05) is 31.2 Å². The van der Waals surface area contributed by atoms with Gasteiger partial charge in [-0.05, 0) is 49.9 Å². The highest BCUT2D eigenvalue weighted by atomic mass is 16.5. The molecule has 1 saturated heterocycles. The van der Waals surface area contributed by atoms with Gasteiger partial charge >= 0.3 is 5.97 Å². The highest BCUT2D eigenvalue weighted by Crippen LogP contribution is 2.20. The number of anilines is 2. The summed E-state index contributed by atoms with van der Waals surface area (Å²) < 4.78 is 10.6. The molecule has 0 aliphatic carbocycles. The summed E-state index contributed by atoms with van der Waals surface area (Å²) in [6, 6.07) is 14.6. The number of carbonyl (C=O) groups excluding carboxylic acids is 2. The molecule has 0 unspecified atom stereocenters. The van der Waals surface area contributed by atoms with E-state index in [1.54, 1.807) is 24.3 Å². The van der Waals surface area contributed by atoms with Crippen LogP contribution in [0.25, 0.3) is 0 Å². The summed E-state index contributed by atoms with van der Waals surface area (Å²) in [5.41, 5.74) is 2.11. The second-order valence-corrected chi connectivity index (χ2v) is 7.02. The van der Waals surface area contributed by atoms with Crippen LogP contribution in [-0.4, -0.2) is 62.7 Å². The molecule has 0 spiro atoms. The van der Waals surface area contributed by atoms with E-state index in [1.165, 1.54) is 0 Å². The Balaban J connectivity index is 1.49. The first-order chi connectivity index (χ1) is 14.6. The smallest absolute Gasteiger partial charge is 0.342 e. The molecule has 1 heterocycles. The molecular formula is C23H29N3O4. The molecular weight excluding hydrogens is 382 g/mol. The molecule has 3 rings (SSSR count). The van der Waals surface area contributed by atoms with Crippen LogP contribution in [0.4, 0.5) is 11.4 Å². The van der Waals surface area contributed by atoms with Crippen LogP contribution in [0.3, 0.4) is 0 Å². The zero-order valence-corrected chi connectivity index (χ0v) is 17.6. The summed E-state index contributed by atoms with van der Waals surface area (Å²) >= 11 is 0. The van der Waals surface area contributed by atoms with Crippen LogP contribution in [0.1, 0.15) is 24.2 Å². The molecule has 2 aromatic carbocycles. The zero-order valence-electron chi connectivity index (χ0n) is 17.6. The van der Waals surface area contributed by atoms with E-state index in [0.717, 1.165) is 38.4 Å². The van der Waals surface area contributed by atoms with Crippen LogP contribution in [-0.2, 0) is 9.53 Å². The maximum atomic E-state index is 12.3. The second kappa shape index (κ2) is 10.6. The molecule has 1 amide bonds. The molecule has 0 bridgehead atoms. The van der Waals surface area contributed by atoms with E-state index in [2.05, 4.69) is 22.0 Å². The largest absolute Gasteiger partial charge is 0.493 e. The number of rotatable bonds is 8. The van der Waals surface area contributed by atoms with Crippen LogP contribution in [0.2, 0.25) is 0 Å². The van der Waals surface area contributed by atoms with Gasteiger partial charge in [0.1, 0.15) is 11.3 Å². The van der Waals surface area contributed by atoms with Gasteiger partial charge in [-0.15, -0.1) is 0 Å². The summed E-state index contributed by atoms with van der Waals surface area (Å²) in [7, 11) is 0. The number of hydrogen-bond donors (Lipinski definition) is 1. The predicted molar refractivity (Wildman–Crippen MR) is 117 cm³/mol. The number of ether oxygens (including phenoxy) is 2. The molecule has 0 saturated carbocycles. The lowest BCUT2D eigenvalue weighted by atomic mass is 10.2. The van der Waals surface area contributed by atoms with Crippen molar-refractivity contribution in [3.8, 4) is 5.75 Å². The third-order valence-electron chi connectivity index (χ3n) is 5.08. The highest BCUT2D eigenvalue weighted by molar-refractivity contribution is 5.96. The molecule has 7 nitrogen and oxygen atoms in total. The van der Waals surface area contributed by atoms with Crippen LogP contribution in [0.15, 0.2) is 48.5 Å². The van der Waals surface area contributed by atoms with Gasteiger partial charge in [-0.1, -0.05) is 19.1 Å². The summed E-state index contributed by atoms with van der Waals surface area (Å²) in [6.07, 6.45) is 0. The van der Waals surface area contributed by atoms with Crippen molar-refractivity contribution in [3.05, 3.63) is 54.1 Å². The highest BCUT2D eigenvalue weighted by Gasteiger charge is 2.17. The Morgan fingerprint density at radius 1 is 0.967 bits per heavy atom. The van der Waals surface area contributed by atoms with Crippen LogP contribution >= 0.6 is 0 Å². The molecule has 0 aromatic heterocycles. The lowest BCUT2D eigenvalue weighted by Crippen LogP contribution is -2.46. The van der Waals surface area contributed by atoms with Gasteiger partial charge in [0.2, 0.25) is 0 Å². The third-order valence-corrected chi connectivity index (χ3v) is 5.08. The van der Waals surface area contributed by atoms with E-state index in [0.29, 0.717) is 23.6 Å². The summed E-state index contributed by atoms with van der Waals surface area (Å²) in [5, 5.41) is 2.76. The van der Waals surface area contributed by atoms with E-state index in [-0.39, 0.29) is 12.5 Å². The maximum absolute atomic E-state index is 12.3. The number of carbonyl (C=O) groups is 2. The molecule has 0 radical (unpaired) electrons. The SMILES string of the molecule is CCOc1ccccc1C(=O)OCC(=O)Nc1ccc(N2CCN(CC)CC2)cc1. The normalized spacial score (nSPS) is 14.3. The minimum absolute atomic E-state index is 0.305. The molecule has 1 N–H and O–H groups in total. The number of para-hydroxylation sites is 1. The lowest BCUT2D eigenvalue weighted by molar-refractivity contribution is -0.119. The molecule has 160 valence electrons. The minimum atomic E-state index is -0.587. The molecule has 30 heavy (non-hydrogen) atoms. The van der Waals surface area contributed by atoms with Gasteiger partial charge < -0.3 is 24.6 Å². The van der Waals surface area contributed by atoms with Gasteiger partial charge in [0.25, 0.3) is 5.91 Å². The fourth-order valence-corrected chi connectivity index (χ4v) is 3.40. The maximum Gasteiger partial charge on any atom is 0.342 e. The Morgan fingerprint density at radius 2 is 1.67 bits per heavy atom. The minimum Gasteiger partial charge on any atom is -0.493 e. The van der Waals surface area contributed by atoms with E-state index >= 15 is 0 Å². The Kier molecular flexibility index (Phi) is 7.68. The van der Waals surface area contributed by atoms with Crippen molar-refractivity contribution in [1.29, 1.82) is 0 Å². The van der Waals surface area contributed by atoms with Gasteiger partial charge in [0.15, 0.2) is 6.61 Å². The number of hydrogen-bond acceptors (Lipinski definition) is 6. The molecule has 0 atom stereocenters. The fraction of sp³-hybridized carbons (Fsp3) is 0.391. The Bertz CT molecular complexity index is 846. The Morgan fingerprint density at radius 3 is 2.33 bits per heavy atom. The average molecular weight is 412 g/mol. The van der Waals surface area contributed by atoms with Crippen LogP contribution in [0.5, 0.6) is 5.75 Å². The first kappa shape index (κ1) is 21.6. The molecule has 1 aliphatic heterocycles. The molecule has 7 heteroatoms. The Labute approximate surface area is 177 Å². The van der Waals surface area contributed by atoms with E-state index in [4.69, 9.17) is 9.47 Å². The number of likely N-dealkylation sites (N-methyl/N-ethyl adjacent to an activating group) is 1. The van der Waals surface area contributed by atoms with Crippen molar-refractivity contribution >= 4 is 23.3 Å². The lowest BCUT2D eigenvalue weighted by Gasteiger charge is -2.35. The molecule has 2 aromatic rings. The number of nitrogens with one attached hydrogen (secondary N) is 1. The van der Waals surface area contributed by atoms with Crippen molar-refractivity contribution in [2.45, 2.75) is 13.8 Å². The number of benzene rings is 2. The van der Waals surface area contributed by atoms with Gasteiger partial charge in [-0.2, -0.15) is 0 Å². The van der Waals surface area contributed by atoms with Crippen molar-refractivity contribution in [3.63, 3.8) is 0 Å². The number of nitrogens with zero attached hydrogens (tertiary/aromatic N) is 2. The van der Waals surface area contributed by atoms with Crippen LogP contribution in [0, 0.1) is 0 Å². The third kappa shape index (κ3) is 5.73. The van der Waals surface area contributed by atoms with Gasteiger partial charge in [-0.3, -0.25) is 4.79 Å². The average Bonchev–Trinajstić information content (AvgIpc) is 2.79. The number of piperazine rings is 1. The van der Waals surface area contributed by atoms with Gasteiger partial charge in [-0.25, -0.2) is 4.79 Å². The topological polar surface area (TPSA) is 71.1 Å². The first-order valence-electron chi connectivity index (χ1n) is 10.4. The number of amides is 1. The van der Waals surface area contributed by atoms with E-state index in [9.17, 15) is 9.59 Å². The first-order valence-corrected chi connectivity index (χ1v) is 10.4. The number of esters is 1. The second-order valence-electron chi connectivity index (χ2n) is 7.02. The van der Waals surface area contributed by atoms with Gasteiger partial charge in [0.05, 0.1) is 6.61 Å². The van der Waals surface area contributed by atoms with Crippen molar-refractivity contribution in [2.75, 3.05) is 56.2 Å². The monoisotopic (exact) mass is 411 g/mol. The standard InChI is InChI=1S/C23H29N3O4/c1-3-25-13-15-26(16-14-25)19-11-9-18(10-12-19)24-22(27)17-30-23(28)20-7-5-6-8-21(20)29-4-2/h5-12H,3-4,13-17H2,1-2H3,(H,24,27). The van der Waals surface area contributed by atoms with Crippen LogP contribution < -0.4 is 15.0 Å².